The fourth-order valence-corrected chi connectivity index (χ4v) is 3.39. The fourth-order valence-electron chi connectivity index (χ4n) is 3.39. The molecule has 2 bridgehead atoms. The molecule has 1 aromatic carbocycles. The smallest absolute Gasteiger partial charge is 0.233 e. The Balaban J connectivity index is 1.66. The molecule has 4 heteroatoms. The van der Waals surface area contributed by atoms with Crippen LogP contribution in [0.15, 0.2) is 36.4 Å². The first kappa shape index (κ1) is 11.1. The van der Waals surface area contributed by atoms with Gasteiger partial charge in [0, 0.05) is 5.69 Å². The Morgan fingerprint density at radius 1 is 1.37 bits per heavy atom. The summed E-state index contributed by atoms with van der Waals surface area (Å²) in [4.78, 5) is 14.3. The van der Waals surface area contributed by atoms with Gasteiger partial charge in [0.05, 0.1) is 25.7 Å². The molecule has 0 aliphatic carbocycles. The Kier molecular flexibility index (Phi) is 2.10. The number of hydrogen-bond acceptors (Lipinski definition) is 3. The number of rotatable bonds is 2. The lowest BCUT2D eigenvalue weighted by atomic mass is 9.86. The van der Waals surface area contributed by atoms with Gasteiger partial charge in [0.2, 0.25) is 5.91 Å². The van der Waals surface area contributed by atoms with Crippen LogP contribution in [0.25, 0.3) is 0 Å². The number of methoxy groups -OCH3 is 1. The number of ether oxygens (including phenoxy) is 2. The van der Waals surface area contributed by atoms with Crippen molar-refractivity contribution in [3.05, 3.63) is 36.4 Å². The maximum Gasteiger partial charge on any atom is 0.233 e. The van der Waals surface area contributed by atoms with E-state index in [-0.39, 0.29) is 23.5 Å². The van der Waals surface area contributed by atoms with Crippen molar-refractivity contribution in [3.63, 3.8) is 0 Å². The fraction of sp³-hybridized carbons (Fsp3) is 0.400. The van der Waals surface area contributed by atoms with E-state index in [0.717, 1.165) is 17.9 Å². The third kappa shape index (κ3) is 1.40. The predicted octanol–water partition coefficient (Wildman–Crippen LogP) is 1.76. The summed E-state index contributed by atoms with van der Waals surface area (Å²) in [6, 6.07) is 7.60. The topological polar surface area (TPSA) is 38.8 Å². The number of amides is 1. The summed E-state index contributed by atoms with van der Waals surface area (Å²) in [6.07, 6.45) is 5.13. The highest BCUT2D eigenvalue weighted by Crippen LogP contribution is 2.49. The van der Waals surface area contributed by atoms with Crippen LogP contribution in [0.1, 0.15) is 6.42 Å². The summed E-state index contributed by atoms with van der Waals surface area (Å²) >= 11 is 0. The maximum absolute atomic E-state index is 12.5. The Morgan fingerprint density at radius 3 is 2.79 bits per heavy atom. The van der Waals surface area contributed by atoms with Gasteiger partial charge in [0.25, 0.3) is 0 Å². The number of fused-ring (bicyclic) bond motifs is 1. The Bertz CT molecular complexity index is 565. The summed E-state index contributed by atoms with van der Waals surface area (Å²) in [5.41, 5.74) is 0.539. The van der Waals surface area contributed by atoms with Crippen LogP contribution < -0.4 is 9.64 Å². The van der Waals surface area contributed by atoms with E-state index in [9.17, 15) is 4.79 Å². The average Bonchev–Trinajstić information content (AvgIpc) is 3.09. The maximum atomic E-state index is 12.5. The van der Waals surface area contributed by atoms with Gasteiger partial charge < -0.3 is 14.4 Å². The first-order valence-electron chi connectivity index (χ1n) is 6.54. The van der Waals surface area contributed by atoms with Gasteiger partial charge >= 0.3 is 0 Å². The molecule has 0 radical (unpaired) electrons. The molecule has 3 aliphatic heterocycles. The molecule has 1 spiro atoms. The van der Waals surface area contributed by atoms with Crippen LogP contribution in [0.2, 0.25) is 0 Å². The lowest BCUT2D eigenvalue weighted by molar-refractivity contribution is -0.121. The van der Waals surface area contributed by atoms with E-state index >= 15 is 0 Å². The molecule has 0 N–H and O–H groups in total. The molecule has 19 heavy (non-hydrogen) atoms. The molecular weight excluding hydrogens is 242 g/mol. The Hall–Kier alpha value is -1.81. The standard InChI is InChI=1S/C15H15NO3/c1-18-11-4-2-10(3-5-11)16-9-15-7-6-12(19-15)8-13(15)14(16)17/h2-7,12-13H,8-9H2,1H3. The Labute approximate surface area is 111 Å². The summed E-state index contributed by atoms with van der Waals surface area (Å²) < 4.78 is 11.1. The van der Waals surface area contributed by atoms with Crippen molar-refractivity contribution < 1.29 is 14.3 Å². The van der Waals surface area contributed by atoms with Gasteiger partial charge in [-0.2, -0.15) is 0 Å². The normalized spacial score (nSPS) is 35.0. The minimum absolute atomic E-state index is 0.00963. The monoisotopic (exact) mass is 257 g/mol. The van der Waals surface area contributed by atoms with Crippen LogP contribution in [-0.2, 0) is 9.53 Å². The number of hydrogen-bond donors (Lipinski definition) is 0. The molecule has 0 aromatic heterocycles. The molecule has 2 saturated heterocycles. The summed E-state index contributed by atoms with van der Waals surface area (Å²) in [7, 11) is 1.64. The van der Waals surface area contributed by atoms with Gasteiger partial charge in [0.15, 0.2) is 0 Å². The first-order valence-corrected chi connectivity index (χ1v) is 6.54. The van der Waals surface area contributed by atoms with Gasteiger partial charge in [-0.1, -0.05) is 12.2 Å². The molecule has 2 fully saturated rings. The minimum Gasteiger partial charge on any atom is -0.497 e. The van der Waals surface area contributed by atoms with Crippen LogP contribution in [-0.4, -0.2) is 31.3 Å². The molecule has 3 heterocycles. The van der Waals surface area contributed by atoms with E-state index in [1.54, 1.807) is 7.11 Å². The van der Waals surface area contributed by atoms with E-state index in [2.05, 4.69) is 12.2 Å². The van der Waals surface area contributed by atoms with Crippen LogP contribution in [0.3, 0.4) is 0 Å². The van der Waals surface area contributed by atoms with Gasteiger partial charge in [0.1, 0.15) is 11.4 Å². The zero-order valence-corrected chi connectivity index (χ0v) is 10.7. The molecule has 98 valence electrons. The first-order chi connectivity index (χ1) is 9.22. The van der Waals surface area contributed by atoms with E-state index in [1.807, 2.05) is 29.2 Å². The zero-order chi connectivity index (χ0) is 13.0. The van der Waals surface area contributed by atoms with E-state index < -0.39 is 0 Å². The molecule has 1 amide bonds. The second-order valence-corrected chi connectivity index (χ2v) is 5.38. The van der Waals surface area contributed by atoms with Crippen molar-refractivity contribution >= 4 is 11.6 Å². The molecule has 3 atom stereocenters. The van der Waals surface area contributed by atoms with Gasteiger partial charge in [-0.25, -0.2) is 0 Å². The van der Waals surface area contributed by atoms with E-state index in [1.165, 1.54) is 0 Å². The number of anilines is 1. The molecule has 1 aromatic rings. The van der Waals surface area contributed by atoms with Crippen molar-refractivity contribution in [3.8, 4) is 5.75 Å². The largest absolute Gasteiger partial charge is 0.497 e. The number of benzene rings is 1. The van der Waals surface area contributed by atoms with Gasteiger partial charge in [-0.3, -0.25) is 4.79 Å². The van der Waals surface area contributed by atoms with E-state index in [0.29, 0.717) is 6.54 Å². The summed E-state index contributed by atoms with van der Waals surface area (Å²) in [5.74, 6) is 0.965. The van der Waals surface area contributed by atoms with Crippen LogP contribution in [0.5, 0.6) is 5.75 Å². The molecule has 4 nitrogen and oxygen atoms in total. The van der Waals surface area contributed by atoms with Crippen LogP contribution in [0, 0.1) is 5.92 Å². The molecule has 4 rings (SSSR count). The number of carbonyl (C=O) groups excluding carboxylic acids is 1. The molecule has 0 saturated carbocycles. The van der Waals surface area contributed by atoms with Gasteiger partial charge in [-0.05, 0) is 30.7 Å². The molecule has 3 aliphatic rings. The summed E-state index contributed by atoms with van der Waals surface area (Å²) in [5, 5.41) is 0. The highest BCUT2D eigenvalue weighted by molar-refractivity contribution is 5.99. The Morgan fingerprint density at radius 2 is 2.16 bits per heavy atom. The lowest BCUT2D eigenvalue weighted by Crippen LogP contribution is -2.33. The van der Waals surface area contributed by atoms with Crippen molar-refractivity contribution in [1.82, 2.24) is 0 Å². The van der Waals surface area contributed by atoms with Crippen molar-refractivity contribution in [2.24, 2.45) is 5.92 Å². The quantitative estimate of drug-likeness (QED) is 0.758. The predicted molar refractivity (Wildman–Crippen MR) is 70.2 cm³/mol. The average molecular weight is 257 g/mol. The lowest BCUT2D eigenvalue weighted by Gasteiger charge is -2.21. The second-order valence-electron chi connectivity index (χ2n) is 5.38. The zero-order valence-electron chi connectivity index (χ0n) is 10.7. The highest BCUT2D eigenvalue weighted by atomic mass is 16.5. The molecular formula is C15H15NO3. The third-order valence-corrected chi connectivity index (χ3v) is 4.38. The van der Waals surface area contributed by atoms with Crippen molar-refractivity contribution in [2.45, 2.75) is 18.1 Å². The van der Waals surface area contributed by atoms with Crippen molar-refractivity contribution in [2.75, 3.05) is 18.6 Å². The van der Waals surface area contributed by atoms with Crippen LogP contribution >= 0.6 is 0 Å². The van der Waals surface area contributed by atoms with E-state index in [4.69, 9.17) is 9.47 Å². The van der Waals surface area contributed by atoms with Crippen LogP contribution in [0.4, 0.5) is 5.69 Å². The SMILES string of the molecule is COc1ccc(N2CC34C=CC(CC3C2=O)O4)cc1. The van der Waals surface area contributed by atoms with Gasteiger partial charge in [-0.15, -0.1) is 0 Å². The third-order valence-electron chi connectivity index (χ3n) is 4.38. The highest BCUT2D eigenvalue weighted by Gasteiger charge is 2.60. The molecule has 3 unspecified atom stereocenters. The number of carbonyl (C=O) groups is 1. The minimum atomic E-state index is -0.373. The summed E-state index contributed by atoms with van der Waals surface area (Å²) in [6.45, 7) is 0.621. The van der Waals surface area contributed by atoms with Crippen molar-refractivity contribution in [1.29, 1.82) is 0 Å². The number of nitrogens with zero attached hydrogens (tertiary/aromatic N) is 1. The second kappa shape index (κ2) is 3.61.